The first-order valence-corrected chi connectivity index (χ1v) is 8.97. The normalized spacial score (nSPS) is 14.6. The van der Waals surface area contributed by atoms with E-state index in [-0.39, 0.29) is 30.4 Å². The summed E-state index contributed by atoms with van der Waals surface area (Å²) in [6, 6.07) is 5.34. The van der Waals surface area contributed by atoms with Crippen LogP contribution in [0, 0.1) is 6.92 Å². The maximum Gasteiger partial charge on any atom is 0.573 e. The molecule has 0 radical (unpaired) electrons. The third-order valence-corrected chi connectivity index (χ3v) is 4.84. The topological polar surface area (TPSA) is 84.5 Å². The Hall–Kier alpha value is -3.56. The van der Waals surface area contributed by atoms with Crippen LogP contribution in [0.5, 0.6) is 11.5 Å². The number of pyridine rings is 1. The number of methoxy groups -OCH3 is 1. The van der Waals surface area contributed by atoms with Gasteiger partial charge in [-0.15, -0.1) is 13.2 Å². The van der Waals surface area contributed by atoms with Gasteiger partial charge in [0.2, 0.25) is 11.8 Å². The standard InChI is InChI=1S/C20H16F3N3O4/c1-10-17(12-4-3-11(9-14(12)29-2)30-20(21,22)23)25-13-7-8-24-18(13)19(10)26-15(27)5-6-16(26)28/h3-4,7-9,24H,5-6H2,1-2H3. The molecule has 1 aliphatic heterocycles. The molecule has 156 valence electrons. The van der Waals surface area contributed by atoms with Crippen molar-refractivity contribution in [1.82, 2.24) is 9.97 Å². The molecule has 0 unspecified atom stereocenters. The van der Waals surface area contributed by atoms with Crippen LogP contribution in [0.3, 0.4) is 0 Å². The van der Waals surface area contributed by atoms with Gasteiger partial charge in [-0.2, -0.15) is 0 Å². The third kappa shape index (κ3) is 3.34. The summed E-state index contributed by atoms with van der Waals surface area (Å²) >= 11 is 0. The fraction of sp³-hybridized carbons (Fsp3) is 0.250. The minimum absolute atomic E-state index is 0.104. The molecular weight excluding hydrogens is 403 g/mol. The number of benzene rings is 1. The zero-order valence-electron chi connectivity index (χ0n) is 16.0. The number of ether oxygens (including phenoxy) is 2. The third-order valence-electron chi connectivity index (χ3n) is 4.84. The minimum atomic E-state index is -4.84. The summed E-state index contributed by atoms with van der Waals surface area (Å²) in [5.41, 5.74) is 2.68. The molecular formula is C20H16F3N3O4. The summed E-state index contributed by atoms with van der Waals surface area (Å²) in [6.07, 6.45) is -2.98. The van der Waals surface area contributed by atoms with Crippen molar-refractivity contribution in [3.63, 3.8) is 0 Å². The Bertz CT molecular complexity index is 1150. The van der Waals surface area contributed by atoms with Gasteiger partial charge in [0.05, 0.1) is 29.5 Å². The van der Waals surface area contributed by atoms with Gasteiger partial charge in [0, 0.05) is 36.2 Å². The Morgan fingerprint density at radius 3 is 2.47 bits per heavy atom. The molecule has 1 aromatic carbocycles. The summed E-state index contributed by atoms with van der Waals surface area (Å²) in [4.78, 5) is 33.5. The van der Waals surface area contributed by atoms with E-state index < -0.39 is 12.1 Å². The van der Waals surface area contributed by atoms with E-state index in [1.165, 1.54) is 13.2 Å². The Morgan fingerprint density at radius 2 is 1.83 bits per heavy atom. The van der Waals surface area contributed by atoms with Gasteiger partial charge < -0.3 is 14.5 Å². The van der Waals surface area contributed by atoms with Crippen molar-refractivity contribution in [2.45, 2.75) is 26.1 Å². The van der Waals surface area contributed by atoms with Crippen LogP contribution in [0.2, 0.25) is 0 Å². The molecule has 10 heteroatoms. The molecule has 1 N–H and O–H groups in total. The second-order valence-corrected chi connectivity index (χ2v) is 6.70. The first-order valence-electron chi connectivity index (χ1n) is 8.97. The number of H-pyrrole nitrogens is 1. The van der Waals surface area contributed by atoms with Crippen LogP contribution in [-0.2, 0) is 9.59 Å². The van der Waals surface area contributed by atoms with E-state index >= 15 is 0 Å². The lowest BCUT2D eigenvalue weighted by Gasteiger charge is -2.21. The highest BCUT2D eigenvalue weighted by Crippen LogP contribution is 2.41. The summed E-state index contributed by atoms with van der Waals surface area (Å²) in [7, 11) is 1.31. The average molecular weight is 419 g/mol. The van der Waals surface area contributed by atoms with Gasteiger partial charge >= 0.3 is 6.36 Å². The lowest BCUT2D eigenvalue weighted by molar-refractivity contribution is -0.274. The molecule has 2 amide bonds. The van der Waals surface area contributed by atoms with Gasteiger partial charge in [-0.25, -0.2) is 9.88 Å². The number of carbonyl (C=O) groups is 2. The molecule has 0 spiro atoms. The maximum atomic E-state index is 12.6. The van der Waals surface area contributed by atoms with Crippen LogP contribution < -0.4 is 14.4 Å². The second-order valence-electron chi connectivity index (χ2n) is 6.70. The Balaban J connectivity index is 1.91. The molecule has 0 bridgehead atoms. The maximum absolute atomic E-state index is 12.6. The number of nitrogens with one attached hydrogen (secondary N) is 1. The van der Waals surface area contributed by atoms with E-state index in [1.807, 2.05) is 0 Å². The first-order chi connectivity index (χ1) is 14.2. The summed E-state index contributed by atoms with van der Waals surface area (Å²) < 4.78 is 46.9. The fourth-order valence-corrected chi connectivity index (χ4v) is 3.58. The molecule has 3 aromatic rings. The number of alkyl halides is 3. The fourth-order valence-electron chi connectivity index (χ4n) is 3.58. The Kier molecular flexibility index (Phi) is 4.64. The number of fused-ring (bicyclic) bond motifs is 1. The molecule has 2 aromatic heterocycles. The van der Waals surface area contributed by atoms with Crippen molar-refractivity contribution >= 4 is 28.5 Å². The van der Waals surface area contributed by atoms with Crippen LogP contribution in [0.15, 0.2) is 30.5 Å². The lowest BCUT2D eigenvalue weighted by atomic mass is 10.0. The number of anilines is 1. The van der Waals surface area contributed by atoms with E-state index in [0.29, 0.717) is 33.5 Å². The van der Waals surface area contributed by atoms with E-state index in [2.05, 4.69) is 14.7 Å². The Morgan fingerprint density at radius 1 is 1.13 bits per heavy atom. The largest absolute Gasteiger partial charge is 0.573 e. The predicted molar refractivity (Wildman–Crippen MR) is 101 cm³/mol. The van der Waals surface area contributed by atoms with Crippen molar-refractivity contribution < 1.29 is 32.2 Å². The van der Waals surface area contributed by atoms with Gasteiger partial charge in [-0.05, 0) is 25.1 Å². The van der Waals surface area contributed by atoms with Gasteiger partial charge in [-0.1, -0.05) is 0 Å². The molecule has 0 saturated carbocycles. The zero-order valence-corrected chi connectivity index (χ0v) is 16.0. The van der Waals surface area contributed by atoms with Gasteiger partial charge in [0.15, 0.2) is 0 Å². The molecule has 4 rings (SSSR count). The van der Waals surface area contributed by atoms with Crippen molar-refractivity contribution in [3.05, 3.63) is 36.0 Å². The summed E-state index contributed by atoms with van der Waals surface area (Å²) in [5.74, 6) is -0.977. The minimum Gasteiger partial charge on any atom is -0.496 e. The first kappa shape index (κ1) is 19.7. The van der Waals surface area contributed by atoms with Crippen molar-refractivity contribution in [2.75, 3.05) is 12.0 Å². The monoisotopic (exact) mass is 419 g/mol. The van der Waals surface area contributed by atoms with Gasteiger partial charge in [0.25, 0.3) is 0 Å². The highest BCUT2D eigenvalue weighted by Gasteiger charge is 2.35. The van der Waals surface area contributed by atoms with E-state index in [0.717, 1.165) is 17.0 Å². The van der Waals surface area contributed by atoms with Crippen molar-refractivity contribution in [2.24, 2.45) is 0 Å². The summed E-state index contributed by atoms with van der Waals surface area (Å²) in [6.45, 7) is 1.69. The van der Waals surface area contributed by atoms with Crippen LogP contribution in [0.25, 0.3) is 22.3 Å². The number of rotatable bonds is 4. The van der Waals surface area contributed by atoms with Crippen molar-refractivity contribution in [1.29, 1.82) is 0 Å². The molecule has 30 heavy (non-hydrogen) atoms. The Labute approximate surface area is 168 Å². The highest BCUT2D eigenvalue weighted by atomic mass is 19.4. The molecule has 0 atom stereocenters. The number of hydrogen-bond donors (Lipinski definition) is 1. The molecule has 7 nitrogen and oxygen atoms in total. The smallest absolute Gasteiger partial charge is 0.496 e. The van der Waals surface area contributed by atoms with E-state index in [9.17, 15) is 22.8 Å². The number of halogens is 3. The lowest BCUT2D eigenvalue weighted by Crippen LogP contribution is -2.29. The number of amides is 2. The van der Waals surface area contributed by atoms with Crippen LogP contribution in [0.4, 0.5) is 18.9 Å². The quantitative estimate of drug-likeness (QED) is 0.644. The van der Waals surface area contributed by atoms with Crippen molar-refractivity contribution in [3.8, 4) is 22.8 Å². The highest BCUT2D eigenvalue weighted by molar-refractivity contribution is 6.23. The average Bonchev–Trinajstić information content (AvgIpc) is 3.27. The molecule has 3 heterocycles. The van der Waals surface area contributed by atoms with Crippen LogP contribution in [-0.4, -0.2) is 35.3 Å². The second kappa shape index (κ2) is 7.05. The van der Waals surface area contributed by atoms with E-state index in [4.69, 9.17) is 4.74 Å². The molecule has 1 aliphatic rings. The number of aromatic amines is 1. The summed E-state index contributed by atoms with van der Waals surface area (Å²) in [5, 5.41) is 0. The number of aromatic nitrogens is 2. The van der Waals surface area contributed by atoms with Gasteiger partial charge in [0.1, 0.15) is 11.5 Å². The van der Waals surface area contributed by atoms with E-state index in [1.54, 1.807) is 19.2 Å². The molecule has 0 aliphatic carbocycles. The van der Waals surface area contributed by atoms with Crippen LogP contribution >= 0.6 is 0 Å². The molecule has 1 saturated heterocycles. The number of imide groups is 1. The van der Waals surface area contributed by atoms with Crippen LogP contribution in [0.1, 0.15) is 18.4 Å². The SMILES string of the molecule is COc1cc(OC(F)(F)F)ccc1-c1nc2cc[nH]c2c(N2C(=O)CCC2=O)c1C. The number of hydrogen-bond acceptors (Lipinski definition) is 5. The van der Waals surface area contributed by atoms with Gasteiger partial charge in [-0.3, -0.25) is 9.59 Å². The predicted octanol–water partition coefficient (Wildman–Crippen LogP) is 4.10. The zero-order chi connectivity index (χ0) is 21.6. The molecule has 1 fully saturated rings. The number of carbonyl (C=O) groups excluding carboxylic acids is 2. The number of nitrogens with zero attached hydrogens (tertiary/aromatic N) is 2.